The van der Waals surface area contributed by atoms with Crippen molar-refractivity contribution >= 4 is 17.5 Å². The fraction of sp³-hybridized carbons (Fsp3) is 0.650. The van der Waals surface area contributed by atoms with Gasteiger partial charge >= 0.3 is 0 Å². The highest BCUT2D eigenvalue weighted by molar-refractivity contribution is 6.31. The molecule has 1 spiro atoms. The van der Waals surface area contributed by atoms with Crippen LogP contribution in [0.15, 0.2) is 24.3 Å². The molecule has 1 saturated carbocycles. The summed E-state index contributed by atoms with van der Waals surface area (Å²) in [7, 11) is 0. The molecule has 1 heterocycles. The van der Waals surface area contributed by atoms with E-state index in [-0.39, 0.29) is 29.3 Å². The van der Waals surface area contributed by atoms with Gasteiger partial charge in [-0.05, 0) is 43.7 Å². The standard InChI is InChI=1S/C20H28ClNO3/c1-14(12-15-4-2-3-5-17(15)21)19(24)22-13-16-6-7-20(18(16)23)8-10-25-11-9-20/h2-5,14,16,18,23H,6-13H2,1H3,(H,22,24). The van der Waals surface area contributed by atoms with Gasteiger partial charge in [-0.2, -0.15) is 0 Å². The third-order valence-corrected chi connectivity index (χ3v) is 6.41. The molecule has 2 N–H and O–H groups in total. The molecule has 0 aromatic heterocycles. The van der Waals surface area contributed by atoms with Crippen molar-refractivity contribution < 1.29 is 14.6 Å². The highest BCUT2D eigenvalue weighted by atomic mass is 35.5. The van der Waals surface area contributed by atoms with Crippen LogP contribution in [-0.2, 0) is 16.0 Å². The van der Waals surface area contributed by atoms with E-state index in [0.717, 1.165) is 44.5 Å². The van der Waals surface area contributed by atoms with Crippen molar-refractivity contribution in [2.75, 3.05) is 19.8 Å². The molecule has 3 rings (SSSR count). The second-order valence-corrected chi connectivity index (χ2v) is 8.07. The second-order valence-electron chi connectivity index (χ2n) is 7.66. The molecule has 2 aliphatic rings. The van der Waals surface area contributed by atoms with Gasteiger partial charge in [0.05, 0.1) is 6.10 Å². The number of hydrogen-bond acceptors (Lipinski definition) is 3. The summed E-state index contributed by atoms with van der Waals surface area (Å²) in [5, 5.41) is 14.5. The summed E-state index contributed by atoms with van der Waals surface area (Å²) in [6.07, 6.45) is 4.16. The molecule has 1 saturated heterocycles. The molecule has 1 aliphatic heterocycles. The zero-order valence-corrected chi connectivity index (χ0v) is 15.6. The Hall–Kier alpha value is -1.10. The van der Waals surface area contributed by atoms with Crippen LogP contribution in [-0.4, -0.2) is 36.9 Å². The van der Waals surface area contributed by atoms with E-state index < -0.39 is 0 Å². The number of ether oxygens (including phenoxy) is 1. The van der Waals surface area contributed by atoms with Crippen molar-refractivity contribution in [2.24, 2.45) is 17.3 Å². The van der Waals surface area contributed by atoms with Crippen molar-refractivity contribution in [1.82, 2.24) is 5.32 Å². The lowest BCUT2D eigenvalue weighted by molar-refractivity contribution is -0.125. The Bertz CT molecular complexity index is 600. The predicted molar refractivity (Wildman–Crippen MR) is 98.5 cm³/mol. The molecule has 4 nitrogen and oxygen atoms in total. The number of carbonyl (C=O) groups excluding carboxylic acids is 1. The van der Waals surface area contributed by atoms with Gasteiger partial charge in [0, 0.05) is 42.0 Å². The van der Waals surface area contributed by atoms with Crippen molar-refractivity contribution in [3.8, 4) is 0 Å². The number of carbonyl (C=O) groups is 1. The summed E-state index contributed by atoms with van der Waals surface area (Å²) < 4.78 is 5.44. The maximum atomic E-state index is 12.4. The summed E-state index contributed by atoms with van der Waals surface area (Å²) in [6, 6.07) is 7.64. The topological polar surface area (TPSA) is 58.6 Å². The summed E-state index contributed by atoms with van der Waals surface area (Å²) in [4.78, 5) is 12.4. The van der Waals surface area contributed by atoms with Gasteiger partial charge in [-0.1, -0.05) is 36.7 Å². The number of benzene rings is 1. The summed E-state index contributed by atoms with van der Waals surface area (Å²) in [5.41, 5.74) is 1.01. The molecule has 1 aliphatic carbocycles. The smallest absolute Gasteiger partial charge is 0.223 e. The van der Waals surface area contributed by atoms with E-state index in [2.05, 4.69) is 5.32 Å². The van der Waals surface area contributed by atoms with Crippen molar-refractivity contribution in [2.45, 2.75) is 45.1 Å². The summed E-state index contributed by atoms with van der Waals surface area (Å²) >= 11 is 6.18. The second kappa shape index (κ2) is 8.07. The van der Waals surface area contributed by atoms with Crippen LogP contribution in [0.5, 0.6) is 0 Å². The Morgan fingerprint density at radius 3 is 2.80 bits per heavy atom. The van der Waals surface area contributed by atoms with Crippen molar-refractivity contribution in [3.63, 3.8) is 0 Å². The number of amides is 1. The first kappa shape index (κ1) is 18.7. The fourth-order valence-corrected chi connectivity index (χ4v) is 4.52. The van der Waals surface area contributed by atoms with Crippen LogP contribution in [0.4, 0.5) is 0 Å². The van der Waals surface area contributed by atoms with Gasteiger partial charge in [0.2, 0.25) is 5.91 Å². The van der Waals surface area contributed by atoms with Crippen LogP contribution < -0.4 is 5.32 Å². The van der Waals surface area contributed by atoms with E-state index in [1.165, 1.54) is 0 Å². The largest absolute Gasteiger partial charge is 0.392 e. The molecular formula is C20H28ClNO3. The monoisotopic (exact) mass is 365 g/mol. The normalized spacial score (nSPS) is 26.5. The molecule has 3 atom stereocenters. The molecule has 5 heteroatoms. The van der Waals surface area contributed by atoms with Gasteiger partial charge < -0.3 is 15.2 Å². The van der Waals surface area contributed by atoms with Gasteiger partial charge in [-0.15, -0.1) is 0 Å². The lowest BCUT2D eigenvalue weighted by Crippen LogP contribution is -2.42. The SMILES string of the molecule is CC(Cc1ccccc1Cl)C(=O)NCC1CCC2(CCOCC2)C1O. The third kappa shape index (κ3) is 4.18. The lowest BCUT2D eigenvalue weighted by atomic mass is 9.76. The number of aliphatic hydroxyl groups excluding tert-OH is 1. The summed E-state index contributed by atoms with van der Waals surface area (Å²) in [6.45, 7) is 3.95. The predicted octanol–water partition coefficient (Wildman–Crippen LogP) is 3.20. The molecule has 25 heavy (non-hydrogen) atoms. The van der Waals surface area contributed by atoms with Crippen LogP contribution in [0.3, 0.4) is 0 Å². The van der Waals surface area contributed by atoms with Crippen molar-refractivity contribution in [1.29, 1.82) is 0 Å². The molecule has 1 amide bonds. The van der Waals surface area contributed by atoms with Gasteiger partial charge in [0.15, 0.2) is 0 Å². The Kier molecular flexibility index (Phi) is 6.03. The third-order valence-electron chi connectivity index (χ3n) is 6.05. The van der Waals surface area contributed by atoms with Crippen LogP contribution in [0.1, 0.15) is 38.2 Å². The molecule has 2 fully saturated rings. The number of hydrogen-bond donors (Lipinski definition) is 2. The Balaban J connectivity index is 1.50. The van der Waals surface area contributed by atoms with Gasteiger partial charge in [0.25, 0.3) is 0 Å². The molecular weight excluding hydrogens is 338 g/mol. The van der Waals surface area contributed by atoms with E-state index in [0.29, 0.717) is 18.0 Å². The number of nitrogens with one attached hydrogen (secondary N) is 1. The van der Waals surface area contributed by atoms with E-state index in [4.69, 9.17) is 16.3 Å². The van der Waals surface area contributed by atoms with Crippen LogP contribution in [0.25, 0.3) is 0 Å². The molecule has 3 unspecified atom stereocenters. The molecule has 0 bridgehead atoms. The number of halogens is 1. The first-order valence-corrected chi connectivity index (χ1v) is 9.66. The number of aliphatic hydroxyl groups is 1. The molecule has 0 radical (unpaired) electrons. The summed E-state index contributed by atoms with van der Waals surface area (Å²) in [5.74, 6) is 0.0325. The zero-order chi connectivity index (χ0) is 17.9. The van der Waals surface area contributed by atoms with Crippen LogP contribution in [0.2, 0.25) is 5.02 Å². The molecule has 1 aromatic rings. The van der Waals surface area contributed by atoms with E-state index in [1.54, 1.807) is 0 Å². The van der Waals surface area contributed by atoms with E-state index >= 15 is 0 Å². The minimum absolute atomic E-state index is 0.0107. The Morgan fingerprint density at radius 1 is 1.36 bits per heavy atom. The van der Waals surface area contributed by atoms with E-state index in [9.17, 15) is 9.90 Å². The van der Waals surface area contributed by atoms with Crippen molar-refractivity contribution in [3.05, 3.63) is 34.9 Å². The maximum absolute atomic E-state index is 12.4. The first-order valence-electron chi connectivity index (χ1n) is 9.29. The van der Waals surface area contributed by atoms with Crippen LogP contribution in [0, 0.1) is 17.3 Å². The molecule has 138 valence electrons. The lowest BCUT2D eigenvalue weighted by Gasteiger charge is -2.37. The first-order chi connectivity index (χ1) is 12.0. The maximum Gasteiger partial charge on any atom is 0.223 e. The highest BCUT2D eigenvalue weighted by Crippen LogP contribution is 2.48. The quantitative estimate of drug-likeness (QED) is 0.842. The minimum atomic E-state index is -0.337. The highest BCUT2D eigenvalue weighted by Gasteiger charge is 2.48. The van der Waals surface area contributed by atoms with Gasteiger partial charge in [0.1, 0.15) is 0 Å². The van der Waals surface area contributed by atoms with Crippen LogP contribution >= 0.6 is 11.6 Å². The average Bonchev–Trinajstić information content (AvgIpc) is 2.91. The number of rotatable bonds is 5. The fourth-order valence-electron chi connectivity index (χ4n) is 4.31. The van der Waals surface area contributed by atoms with E-state index in [1.807, 2.05) is 31.2 Å². The van der Waals surface area contributed by atoms with Gasteiger partial charge in [-0.25, -0.2) is 0 Å². The van der Waals surface area contributed by atoms with Gasteiger partial charge in [-0.3, -0.25) is 4.79 Å². The Labute approximate surface area is 154 Å². The zero-order valence-electron chi connectivity index (χ0n) is 14.8. The Morgan fingerprint density at radius 2 is 2.08 bits per heavy atom. The molecule has 1 aromatic carbocycles. The average molecular weight is 366 g/mol. The minimum Gasteiger partial charge on any atom is -0.392 e.